The van der Waals surface area contributed by atoms with Crippen LogP contribution in [0.3, 0.4) is 0 Å². The third-order valence-corrected chi connectivity index (χ3v) is 5.43. The van der Waals surface area contributed by atoms with Gasteiger partial charge in [0.1, 0.15) is 18.3 Å². The van der Waals surface area contributed by atoms with Crippen molar-refractivity contribution in [3.05, 3.63) is 22.7 Å². The molecule has 11 nitrogen and oxygen atoms in total. The number of aliphatic hydroxyl groups is 3. The zero-order valence-electron chi connectivity index (χ0n) is 15.5. The monoisotopic (exact) mass is 399 g/mol. The molecular weight excluding hydrogens is 374 g/mol. The van der Waals surface area contributed by atoms with Gasteiger partial charge in [0.05, 0.1) is 12.0 Å². The predicted octanol–water partition coefficient (Wildman–Crippen LogP) is -1.07. The number of nitrogens with zero attached hydrogens (tertiary/aromatic N) is 2. The van der Waals surface area contributed by atoms with Crippen LogP contribution in [0.4, 0.5) is 5.82 Å². The van der Waals surface area contributed by atoms with Crippen molar-refractivity contribution >= 4 is 11.8 Å². The molecule has 2 aliphatic rings. The summed E-state index contributed by atoms with van der Waals surface area (Å²) < 4.78 is 11.6. The number of aromatic nitrogens is 2. The van der Waals surface area contributed by atoms with E-state index >= 15 is 0 Å². The topological polar surface area (TPSA) is 152 Å². The van der Waals surface area contributed by atoms with Crippen LogP contribution in [0.5, 0.6) is 0 Å². The van der Waals surface area contributed by atoms with E-state index in [1.165, 1.54) is 12.3 Å². The molecule has 4 N–H and O–H groups in total. The summed E-state index contributed by atoms with van der Waals surface area (Å²) in [5.41, 5.74) is 0.979. The van der Waals surface area contributed by atoms with Crippen LogP contribution in [0.25, 0.3) is 0 Å². The molecule has 2 saturated heterocycles. The summed E-state index contributed by atoms with van der Waals surface area (Å²) in [5.74, 6) is -0.424. The van der Waals surface area contributed by atoms with Gasteiger partial charge in [-0.15, -0.1) is 0 Å². The molecule has 0 aromatic carbocycles. The van der Waals surface area contributed by atoms with Crippen molar-refractivity contribution in [2.75, 3.05) is 25.3 Å². The van der Waals surface area contributed by atoms with Crippen molar-refractivity contribution in [3.8, 4) is 0 Å². The zero-order chi connectivity index (χ0) is 20.3. The molecule has 0 saturated carbocycles. The largest absolute Gasteiger partial charge is 0.394 e. The van der Waals surface area contributed by atoms with E-state index in [-0.39, 0.29) is 5.82 Å². The molecule has 0 aliphatic carbocycles. The zero-order valence-corrected chi connectivity index (χ0v) is 15.5. The molecule has 2 aliphatic heterocycles. The standard InChI is InChI=1S/C17H25N3O8/c1-2-17(4-7-26-8-5-17)15(24)28-19-11-3-6-20(16(25)18-11)14-13(23)12(22)10(9-21)27-14/h3,6,10,12-14,21-23H,2,4-5,7-9H2,1H3,(H,18,19,25)/t10-,12-,13-,14-/m1/s1. The molecule has 1 aromatic rings. The summed E-state index contributed by atoms with van der Waals surface area (Å²) >= 11 is 0. The molecule has 0 bridgehead atoms. The highest BCUT2D eigenvalue weighted by molar-refractivity contribution is 5.77. The number of carbonyl (C=O) groups excluding carboxylic acids is 1. The Kier molecular flexibility index (Phi) is 6.30. The second kappa shape index (κ2) is 8.53. The Labute approximate surface area is 160 Å². The Morgan fingerprint density at radius 1 is 1.39 bits per heavy atom. The third-order valence-electron chi connectivity index (χ3n) is 5.43. The first-order valence-electron chi connectivity index (χ1n) is 9.18. The number of anilines is 1. The third kappa shape index (κ3) is 3.89. The van der Waals surface area contributed by atoms with Gasteiger partial charge in [-0.2, -0.15) is 4.98 Å². The van der Waals surface area contributed by atoms with Crippen molar-refractivity contribution < 1.29 is 34.4 Å². The van der Waals surface area contributed by atoms with Crippen LogP contribution in [-0.2, 0) is 19.1 Å². The number of ether oxygens (including phenoxy) is 2. The number of hydrogen-bond donors (Lipinski definition) is 4. The summed E-state index contributed by atoms with van der Waals surface area (Å²) in [6, 6.07) is 1.37. The van der Waals surface area contributed by atoms with E-state index in [1.54, 1.807) is 0 Å². The second-order valence-corrected chi connectivity index (χ2v) is 6.97. The molecule has 3 heterocycles. The Hall–Kier alpha value is -2.05. The lowest BCUT2D eigenvalue weighted by molar-refractivity contribution is -0.159. The molecule has 3 rings (SSSR count). The lowest BCUT2D eigenvalue weighted by Gasteiger charge is -2.33. The first-order chi connectivity index (χ1) is 13.4. The van der Waals surface area contributed by atoms with Gasteiger partial charge in [0.25, 0.3) is 0 Å². The fourth-order valence-electron chi connectivity index (χ4n) is 3.44. The van der Waals surface area contributed by atoms with E-state index < -0.39 is 48.2 Å². The maximum atomic E-state index is 12.5. The molecule has 0 radical (unpaired) electrons. The Balaban J connectivity index is 1.66. The number of aliphatic hydroxyl groups excluding tert-OH is 3. The molecule has 2 fully saturated rings. The Morgan fingerprint density at radius 2 is 2.11 bits per heavy atom. The highest BCUT2D eigenvalue weighted by atomic mass is 16.7. The van der Waals surface area contributed by atoms with Crippen LogP contribution in [-0.4, -0.2) is 69.0 Å². The number of nitrogens with one attached hydrogen (secondary N) is 1. The van der Waals surface area contributed by atoms with Crippen LogP contribution in [0.15, 0.2) is 17.1 Å². The van der Waals surface area contributed by atoms with E-state index in [4.69, 9.17) is 19.4 Å². The predicted molar refractivity (Wildman–Crippen MR) is 94.0 cm³/mol. The summed E-state index contributed by atoms with van der Waals surface area (Å²) in [5, 5.41) is 29.0. The lowest BCUT2D eigenvalue weighted by Crippen LogP contribution is -2.39. The average molecular weight is 399 g/mol. The molecule has 1 aromatic heterocycles. The van der Waals surface area contributed by atoms with E-state index in [2.05, 4.69) is 10.5 Å². The van der Waals surface area contributed by atoms with E-state index in [0.717, 1.165) is 4.57 Å². The van der Waals surface area contributed by atoms with Gasteiger partial charge in [-0.1, -0.05) is 6.92 Å². The lowest BCUT2D eigenvalue weighted by atomic mass is 9.78. The van der Waals surface area contributed by atoms with Crippen LogP contribution >= 0.6 is 0 Å². The Morgan fingerprint density at radius 3 is 2.68 bits per heavy atom. The number of carbonyl (C=O) groups is 1. The van der Waals surface area contributed by atoms with Crippen LogP contribution in [0.1, 0.15) is 32.4 Å². The highest BCUT2D eigenvalue weighted by Gasteiger charge is 2.44. The van der Waals surface area contributed by atoms with Crippen LogP contribution < -0.4 is 11.2 Å². The highest BCUT2D eigenvalue weighted by Crippen LogP contribution is 2.35. The molecular formula is C17H25N3O8. The van der Waals surface area contributed by atoms with Crippen molar-refractivity contribution in [1.29, 1.82) is 0 Å². The molecule has 0 unspecified atom stereocenters. The minimum Gasteiger partial charge on any atom is -0.394 e. The van der Waals surface area contributed by atoms with Gasteiger partial charge in [0.15, 0.2) is 12.0 Å². The minimum atomic E-state index is -1.40. The maximum absolute atomic E-state index is 12.5. The second-order valence-electron chi connectivity index (χ2n) is 6.97. The fourth-order valence-corrected chi connectivity index (χ4v) is 3.44. The molecule has 11 heteroatoms. The first kappa shape index (κ1) is 20.7. The van der Waals surface area contributed by atoms with Crippen LogP contribution in [0.2, 0.25) is 0 Å². The molecule has 0 spiro atoms. The van der Waals surface area contributed by atoms with E-state index in [0.29, 0.717) is 32.5 Å². The smallest absolute Gasteiger partial charge is 0.351 e. The van der Waals surface area contributed by atoms with E-state index in [9.17, 15) is 19.8 Å². The maximum Gasteiger partial charge on any atom is 0.351 e. The van der Waals surface area contributed by atoms with Gasteiger partial charge in [0, 0.05) is 25.5 Å². The number of rotatable bonds is 6. The van der Waals surface area contributed by atoms with Crippen LogP contribution in [0, 0.1) is 5.41 Å². The molecule has 28 heavy (non-hydrogen) atoms. The van der Waals surface area contributed by atoms with Crippen molar-refractivity contribution in [3.63, 3.8) is 0 Å². The van der Waals surface area contributed by atoms with Gasteiger partial charge < -0.3 is 29.6 Å². The van der Waals surface area contributed by atoms with Gasteiger partial charge >= 0.3 is 11.7 Å². The van der Waals surface area contributed by atoms with E-state index in [1.807, 2.05) is 6.92 Å². The van der Waals surface area contributed by atoms with Gasteiger partial charge in [0.2, 0.25) is 0 Å². The molecule has 4 atom stereocenters. The SMILES string of the molecule is CCC1(C(=O)ONc2ccn([C@@H]3O[C@H](CO)[C@@H](O)[C@H]3O)c(=O)n2)CCOCC1. The fraction of sp³-hybridized carbons (Fsp3) is 0.706. The summed E-state index contributed by atoms with van der Waals surface area (Å²) in [4.78, 5) is 33.6. The first-order valence-corrected chi connectivity index (χ1v) is 9.18. The molecule has 0 amide bonds. The van der Waals surface area contributed by atoms with Gasteiger partial charge in [-0.25, -0.2) is 15.1 Å². The quantitative estimate of drug-likeness (QED) is 0.435. The van der Waals surface area contributed by atoms with Crippen molar-refractivity contribution in [2.45, 2.75) is 50.7 Å². The Bertz CT molecular complexity index is 748. The van der Waals surface area contributed by atoms with Crippen molar-refractivity contribution in [1.82, 2.24) is 9.55 Å². The minimum absolute atomic E-state index is 0.0136. The van der Waals surface area contributed by atoms with Gasteiger partial charge in [-0.3, -0.25) is 4.57 Å². The van der Waals surface area contributed by atoms with Gasteiger partial charge in [-0.05, 0) is 19.3 Å². The summed E-state index contributed by atoms with van der Waals surface area (Å²) in [7, 11) is 0. The summed E-state index contributed by atoms with van der Waals surface area (Å²) in [6.45, 7) is 2.38. The normalized spacial score (nSPS) is 29.4. The summed E-state index contributed by atoms with van der Waals surface area (Å²) in [6.07, 6.45) is -1.90. The number of hydrogen-bond acceptors (Lipinski definition) is 10. The average Bonchev–Trinajstić information content (AvgIpc) is 3.00. The van der Waals surface area contributed by atoms with Crippen molar-refractivity contribution in [2.24, 2.45) is 5.41 Å². The molecule has 156 valence electrons.